The van der Waals surface area contributed by atoms with E-state index < -0.39 is 0 Å². The van der Waals surface area contributed by atoms with Crippen LogP contribution >= 0.6 is 0 Å². The van der Waals surface area contributed by atoms with Crippen LogP contribution in [0.2, 0.25) is 0 Å². The number of benzene rings is 2. The van der Waals surface area contributed by atoms with Crippen molar-refractivity contribution in [3.8, 4) is 11.1 Å². The molecule has 0 heterocycles. The van der Waals surface area contributed by atoms with Crippen molar-refractivity contribution in [3.63, 3.8) is 0 Å². The fraction of sp³-hybridized carbons (Fsp3) is 0.440. The van der Waals surface area contributed by atoms with Crippen LogP contribution in [-0.4, -0.2) is 49.8 Å². The van der Waals surface area contributed by atoms with Crippen molar-refractivity contribution >= 4 is 11.8 Å². The van der Waals surface area contributed by atoms with Crippen LogP contribution in [0, 0.1) is 11.8 Å². The van der Waals surface area contributed by atoms with E-state index in [1.54, 1.807) is 38.0 Å². The minimum absolute atomic E-state index is 0.123. The molecule has 0 saturated heterocycles. The molecule has 1 aliphatic rings. The quantitative estimate of drug-likeness (QED) is 0.740. The van der Waals surface area contributed by atoms with E-state index in [0.717, 1.165) is 0 Å². The van der Waals surface area contributed by atoms with Crippen molar-refractivity contribution < 1.29 is 9.59 Å². The molecule has 2 aromatic rings. The van der Waals surface area contributed by atoms with Gasteiger partial charge in [-0.2, -0.15) is 0 Å². The minimum atomic E-state index is -0.358. The van der Waals surface area contributed by atoms with Crippen LogP contribution < -0.4 is 0 Å². The van der Waals surface area contributed by atoms with E-state index in [2.05, 4.69) is 48.5 Å². The van der Waals surface area contributed by atoms with E-state index in [4.69, 9.17) is 0 Å². The van der Waals surface area contributed by atoms with Crippen LogP contribution in [0.3, 0.4) is 0 Å². The monoisotopic (exact) mass is 392 g/mol. The molecule has 0 bridgehead atoms. The molecule has 2 amide bonds. The first-order valence-corrected chi connectivity index (χ1v) is 10.3. The molecule has 0 aromatic heterocycles. The summed E-state index contributed by atoms with van der Waals surface area (Å²) in [4.78, 5) is 28.9. The Kier molecular flexibility index (Phi) is 5.83. The van der Waals surface area contributed by atoms with Crippen LogP contribution in [-0.2, 0) is 15.0 Å². The lowest BCUT2D eigenvalue weighted by molar-refractivity contribution is -0.133. The van der Waals surface area contributed by atoms with Gasteiger partial charge in [-0.3, -0.25) is 9.59 Å². The maximum Gasteiger partial charge on any atom is 0.224 e. The molecule has 3 rings (SSSR count). The van der Waals surface area contributed by atoms with Crippen molar-refractivity contribution in [1.29, 1.82) is 0 Å². The third-order valence-electron chi connectivity index (χ3n) is 6.21. The first-order chi connectivity index (χ1) is 13.7. The van der Waals surface area contributed by atoms with Gasteiger partial charge in [-0.05, 0) is 35.1 Å². The molecule has 154 valence electrons. The number of hydrogen-bond acceptors (Lipinski definition) is 2. The maximum absolute atomic E-state index is 12.8. The second-order valence-corrected chi connectivity index (χ2v) is 8.85. The van der Waals surface area contributed by atoms with Crippen molar-refractivity contribution in [2.24, 2.45) is 11.8 Å². The summed E-state index contributed by atoms with van der Waals surface area (Å²) in [5, 5.41) is 0. The average Bonchev–Trinajstić information content (AvgIpc) is 2.97. The number of carbonyl (C=O) groups excluding carboxylic acids is 2. The van der Waals surface area contributed by atoms with E-state index in [1.807, 2.05) is 13.8 Å². The Hall–Kier alpha value is -2.62. The summed E-state index contributed by atoms with van der Waals surface area (Å²) in [6.07, 6.45) is 1.37. The first kappa shape index (κ1) is 21.1. The highest BCUT2D eigenvalue weighted by Gasteiger charge is 2.46. The smallest absolute Gasteiger partial charge is 0.224 e. The zero-order valence-corrected chi connectivity index (χ0v) is 18.4. The maximum atomic E-state index is 12.8. The average molecular weight is 393 g/mol. The van der Waals surface area contributed by atoms with Crippen molar-refractivity contribution in [1.82, 2.24) is 9.80 Å². The van der Waals surface area contributed by atoms with Crippen LogP contribution in [0.5, 0.6) is 0 Å². The SMILES string of the molecule is CC(CC1(CC(C)C(=O)N(C)C)c2ccccc2-c2ccccc21)C(=O)N(C)C. The summed E-state index contributed by atoms with van der Waals surface area (Å²) < 4.78 is 0. The van der Waals surface area contributed by atoms with E-state index in [9.17, 15) is 9.59 Å². The second kappa shape index (κ2) is 8.02. The number of carbonyl (C=O) groups is 2. The molecule has 2 aromatic carbocycles. The van der Waals surface area contributed by atoms with Crippen LogP contribution in [0.4, 0.5) is 0 Å². The highest BCUT2D eigenvalue weighted by Crippen LogP contribution is 2.54. The lowest BCUT2D eigenvalue weighted by Gasteiger charge is -2.37. The number of fused-ring (bicyclic) bond motifs is 3. The number of nitrogens with zero attached hydrogens (tertiary/aromatic N) is 2. The summed E-state index contributed by atoms with van der Waals surface area (Å²) in [6.45, 7) is 4.01. The molecule has 0 radical (unpaired) electrons. The Labute approximate surface area is 174 Å². The van der Waals surface area contributed by atoms with Gasteiger partial charge in [0, 0.05) is 45.4 Å². The first-order valence-electron chi connectivity index (χ1n) is 10.3. The predicted octanol–water partition coefficient (Wildman–Crippen LogP) is 4.18. The van der Waals surface area contributed by atoms with E-state index in [0.29, 0.717) is 12.8 Å². The van der Waals surface area contributed by atoms with Gasteiger partial charge in [0.05, 0.1) is 0 Å². The van der Waals surface area contributed by atoms with Crippen molar-refractivity contribution in [2.75, 3.05) is 28.2 Å². The number of amides is 2. The van der Waals surface area contributed by atoms with Gasteiger partial charge in [0.1, 0.15) is 0 Å². The summed E-state index contributed by atoms with van der Waals surface area (Å²) in [5.41, 5.74) is 4.55. The van der Waals surface area contributed by atoms with E-state index in [1.165, 1.54) is 22.3 Å². The van der Waals surface area contributed by atoms with E-state index in [-0.39, 0.29) is 29.1 Å². The zero-order chi connectivity index (χ0) is 21.3. The van der Waals surface area contributed by atoms with Gasteiger partial charge in [-0.15, -0.1) is 0 Å². The molecule has 29 heavy (non-hydrogen) atoms. The Morgan fingerprint density at radius 3 is 1.41 bits per heavy atom. The Balaban J connectivity index is 2.16. The molecule has 0 N–H and O–H groups in total. The number of hydrogen-bond donors (Lipinski definition) is 0. The van der Waals surface area contributed by atoms with Gasteiger partial charge >= 0.3 is 0 Å². The van der Waals surface area contributed by atoms with Crippen LogP contribution in [0.1, 0.15) is 37.8 Å². The standard InChI is InChI=1S/C25H32N2O2/c1-17(23(28)26(3)4)15-25(16-18(2)24(29)27(5)6)21-13-9-7-11-19(21)20-12-8-10-14-22(20)25/h7-14,17-18H,15-16H2,1-6H3. The van der Waals surface area contributed by atoms with Gasteiger partial charge in [0.2, 0.25) is 11.8 Å². The molecule has 0 fully saturated rings. The van der Waals surface area contributed by atoms with Crippen LogP contribution in [0.25, 0.3) is 11.1 Å². The molecular weight excluding hydrogens is 360 g/mol. The van der Waals surface area contributed by atoms with Gasteiger partial charge in [-0.1, -0.05) is 62.4 Å². The Morgan fingerprint density at radius 2 is 1.07 bits per heavy atom. The largest absolute Gasteiger partial charge is 0.349 e. The lowest BCUT2D eigenvalue weighted by atomic mass is 9.67. The summed E-state index contributed by atoms with van der Waals surface area (Å²) in [7, 11) is 7.22. The highest BCUT2D eigenvalue weighted by molar-refractivity contribution is 5.84. The third-order valence-corrected chi connectivity index (χ3v) is 6.21. The van der Waals surface area contributed by atoms with Gasteiger partial charge in [0.15, 0.2) is 0 Å². The van der Waals surface area contributed by atoms with Crippen LogP contribution in [0.15, 0.2) is 48.5 Å². The fourth-order valence-electron chi connectivity index (χ4n) is 5.04. The minimum Gasteiger partial charge on any atom is -0.349 e. The molecule has 0 spiro atoms. The molecule has 2 atom stereocenters. The summed E-state index contributed by atoms with van der Waals surface area (Å²) >= 11 is 0. The van der Waals surface area contributed by atoms with Gasteiger partial charge in [0.25, 0.3) is 0 Å². The molecule has 4 nitrogen and oxygen atoms in total. The molecule has 4 heteroatoms. The van der Waals surface area contributed by atoms with Crippen molar-refractivity contribution in [3.05, 3.63) is 59.7 Å². The Bertz CT molecular complexity index is 841. The second-order valence-electron chi connectivity index (χ2n) is 8.85. The van der Waals surface area contributed by atoms with Gasteiger partial charge < -0.3 is 9.80 Å². The van der Waals surface area contributed by atoms with Gasteiger partial charge in [-0.25, -0.2) is 0 Å². The predicted molar refractivity (Wildman–Crippen MR) is 118 cm³/mol. The molecule has 2 unspecified atom stereocenters. The molecule has 1 aliphatic carbocycles. The molecule has 0 saturated carbocycles. The molecular formula is C25H32N2O2. The van der Waals surface area contributed by atoms with Crippen molar-refractivity contribution in [2.45, 2.75) is 32.1 Å². The Morgan fingerprint density at radius 1 is 0.724 bits per heavy atom. The van der Waals surface area contributed by atoms with E-state index >= 15 is 0 Å². The molecule has 0 aliphatic heterocycles. The zero-order valence-electron chi connectivity index (χ0n) is 18.4. The highest BCUT2D eigenvalue weighted by atomic mass is 16.2. The third kappa shape index (κ3) is 3.68. The lowest BCUT2D eigenvalue weighted by Crippen LogP contribution is -2.39. The summed E-state index contributed by atoms with van der Waals surface area (Å²) in [5.74, 6) is -0.0487. The normalized spacial score (nSPS) is 15.8. The summed E-state index contributed by atoms with van der Waals surface area (Å²) in [6, 6.07) is 16.9. The number of rotatable bonds is 6. The topological polar surface area (TPSA) is 40.6 Å². The fourth-order valence-corrected chi connectivity index (χ4v) is 5.04.